The van der Waals surface area contributed by atoms with Gasteiger partial charge in [0.25, 0.3) is 0 Å². The Morgan fingerprint density at radius 1 is 1.09 bits per heavy atom. The summed E-state index contributed by atoms with van der Waals surface area (Å²) < 4.78 is 5.38. The molecule has 0 aliphatic rings. The summed E-state index contributed by atoms with van der Waals surface area (Å²) in [5.41, 5.74) is 2.53. The summed E-state index contributed by atoms with van der Waals surface area (Å²) >= 11 is 6.14. The molecule has 0 radical (unpaired) electrons. The molecule has 0 unspecified atom stereocenters. The van der Waals surface area contributed by atoms with Crippen LogP contribution in [0, 0.1) is 13.8 Å². The van der Waals surface area contributed by atoms with E-state index in [-0.39, 0.29) is 5.54 Å². The number of aryl methyl sites for hydroxylation is 2. The molecular weight excluding hydrogens is 312 g/mol. The van der Waals surface area contributed by atoms with Crippen molar-refractivity contribution in [1.29, 1.82) is 0 Å². The number of ether oxygens (including phenoxy) is 1. The first-order valence-electron chi connectivity index (χ1n) is 7.43. The van der Waals surface area contributed by atoms with Gasteiger partial charge < -0.3 is 15.4 Å². The first kappa shape index (κ1) is 17.3. The van der Waals surface area contributed by atoms with E-state index in [0.717, 1.165) is 22.8 Å². The van der Waals surface area contributed by atoms with Crippen molar-refractivity contribution in [3.63, 3.8) is 0 Å². The highest BCUT2D eigenvalue weighted by atomic mass is 35.5. The van der Waals surface area contributed by atoms with Crippen molar-refractivity contribution in [1.82, 2.24) is 9.97 Å². The maximum Gasteiger partial charge on any atom is 0.229 e. The van der Waals surface area contributed by atoms with Crippen molar-refractivity contribution in [2.75, 3.05) is 17.7 Å². The zero-order valence-corrected chi connectivity index (χ0v) is 15.2. The number of aromatic nitrogens is 2. The molecule has 0 atom stereocenters. The number of hydrogen-bond acceptors (Lipinski definition) is 5. The van der Waals surface area contributed by atoms with Gasteiger partial charge in [0, 0.05) is 28.4 Å². The molecule has 1 heterocycles. The van der Waals surface area contributed by atoms with Crippen LogP contribution in [0.15, 0.2) is 18.2 Å². The second kappa shape index (κ2) is 6.62. The quantitative estimate of drug-likeness (QED) is 0.848. The molecular formula is C17H23ClN4O. The van der Waals surface area contributed by atoms with Crippen molar-refractivity contribution < 1.29 is 4.74 Å². The average molecular weight is 335 g/mol. The normalized spacial score (nSPS) is 11.3. The molecule has 0 aliphatic carbocycles. The highest BCUT2D eigenvalue weighted by Crippen LogP contribution is 2.32. The van der Waals surface area contributed by atoms with Crippen LogP contribution in [0.3, 0.4) is 0 Å². The third-order valence-corrected chi connectivity index (χ3v) is 3.49. The Balaban J connectivity index is 2.35. The van der Waals surface area contributed by atoms with Gasteiger partial charge in [-0.1, -0.05) is 11.6 Å². The molecule has 0 saturated carbocycles. The highest BCUT2D eigenvalue weighted by Gasteiger charge is 2.13. The number of methoxy groups -OCH3 is 1. The van der Waals surface area contributed by atoms with Gasteiger partial charge in [-0.2, -0.15) is 4.98 Å². The standard InChI is InChI=1S/C17H23ClN4O/c1-10-7-13(14(23-6)9-12(10)18)20-16-19-11(2)8-15(21-16)22-17(3,4)5/h7-9H,1-6H3,(H2,19,20,21,22). The average Bonchev–Trinajstić information content (AvgIpc) is 2.40. The van der Waals surface area contributed by atoms with Gasteiger partial charge in [0.1, 0.15) is 11.6 Å². The molecule has 0 aliphatic heterocycles. The summed E-state index contributed by atoms with van der Waals surface area (Å²) in [7, 11) is 1.61. The number of benzene rings is 1. The molecule has 2 rings (SSSR count). The van der Waals surface area contributed by atoms with Crippen LogP contribution < -0.4 is 15.4 Å². The van der Waals surface area contributed by atoms with E-state index in [4.69, 9.17) is 16.3 Å². The van der Waals surface area contributed by atoms with Crippen LogP contribution in [0.25, 0.3) is 0 Å². The van der Waals surface area contributed by atoms with Crippen molar-refractivity contribution in [3.8, 4) is 5.75 Å². The van der Waals surface area contributed by atoms with Gasteiger partial charge in [0.05, 0.1) is 12.8 Å². The maximum absolute atomic E-state index is 6.14. The fraction of sp³-hybridized carbons (Fsp3) is 0.412. The minimum Gasteiger partial charge on any atom is -0.495 e. The topological polar surface area (TPSA) is 59.1 Å². The maximum atomic E-state index is 6.14. The van der Waals surface area contributed by atoms with Crippen molar-refractivity contribution in [3.05, 3.63) is 34.5 Å². The smallest absolute Gasteiger partial charge is 0.229 e. The summed E-state index contributed by atoms with van der Waals surface area (Å²) in [6, 6.07) is 5.62. The summed E-state index contributed by atoms with van der Waals surface area (Å²) in [6.45, 7) is 10.1. The molecule has 0 fully saturated rings. The fourth-order valence-electron chi connectivity index (χ4n) is 2.12. The van der Waals surface area contributed by atoms with Crippen LogP contribution in [0.1, 0.15) is 32.0 Å². The van der Waals surface area contributed by atoms with Crippen molar-refractivity contribution in [2.24, 2.45) is 0 Å². The molecule has 0 bridgehead atoms. The van der Waals surface area contributed by atoms with Gasteiger partial charge >= 0.3 is 0 Å². The molecule has 1 aromatic heterocycles. The minimum absolute atomic E-state index is 0.0768. The Morgan fingerprint density at radius 3 is 2.39 bits per heavy atom. The van der Waals surface area contributed by atoms with Crippen LogP contribution in [0.5, 0.6) is 5.75 Å². The van der Waals surface area contributed by atoms with E-state index >= 15 is 0 Å². The Hall–Kier alpha value is -2.01. The van der Waals surface area contributed by atoms with Gasteiger partial charge in [0.15, 0.2) is 0 Å². The van der Waals surface area contributed by atoms with Crippen molar-refractivity contribution in [2.45, 2.75) is 40.2 Å². The number of nitrogens with zero attached hydrogens (tertiary/aromatic N) is 2. The molecule has 0 spiro atoms. The molecule has 23 heavy (non-hydrogen) atoms. The Labute approximate surface area is 142 Å². The predicted molar refractivity (Wildman–Crippen MR) is 96.2 cm³/mol. The van der Waals surface area contributed by atoms with Gasteiger partial charge in [-0.05, 0) is 46.2 Å². The van der Waals surface area contributed by atoms with E-state index in [1.165, 1.54) is 0 Å². The number of anilines is 3. The van der Waals surface area contributed by atoms with Gasteiger partial charge in [-0.3, -0.25) is 0 Å². The Bertz CT molecular complexity index is 710. The summed E-state index contributed by atoms with van der Waals surface area (Å²) in [5.74, 6) is 1.94. The molecule has 6 heteroatoms. The van der Waals surface area contributed by atoms with Gasteiger partial charge in [-0.15, -0.1) is 0 Å². The fourth-order valence-corrected chi connectivity index (χ4v) is 2.28. The van der Waals surface area contributed by atoms with E-state index in [2.05, 4.69) is 41.4 Å². The summed E-state index contributed by atoms with van der Waals surface area (Å²) in [6.07, 6.45) is 0. The second-order valence-corrected chi connectivity index (χ2v) is 6.93. The van der Waals surface area contributed by atoms with Crippen LogP contribution in [-0.4, -0.2) is 22.6 Å². The molecule has 0 amide bonds. The first-order valence-corrected chi connectivity index (χ1v) is 7.81. The zero-order chi connectivity index (χ0) is 17.2. The molecule has 2 N–H and O–H groups in total. The van der Waals surface area contributed by atoms with Gasteiger partial charge in [-0.25, -0.2) is 4.98 Å². The number of hydrogen-bond donors (Lipinski definition) is 2. The summed E-state index contributed by atoms with van der Waals surface area (Å²) in [5, 5.41) is 7.23. The summed E-state index contributed by atoms with van der Waals surface area (Å²) in [4.78, 5) is 8.96. The van der Waals surface area contributed by atoms with Crippen LogP contribution in [-0.2, 0) is 0 Å². The lowest BCUT2D eigenvalue weighted by atomic mass is 10.1. The first-order chi connectivity index (χ1) is 10.7. The van der Waals surface area contributed by atoms with Crippen molar-refractivity contribution >= 4 is 29.1 Å². The van der Waals surface area contributed by atoms with E-state index < -0.39 is 0 Å². The lowest BCUT2D eigenvalue weighted by Crippen LogP contribution is -2.27. The third kappa shape index (κ3) is 4.73. The largest absolute Gasteiger partial charge is 0.495 e. The second-order valence-electron chi connectivity index (χ2n) is 6.52. The highest BCUT2D eigenvalue weighted by molar-refractivity contribution is 6.31. The monoisotopic (exact) mass is 334 g/mol. The van der Waals surface area contributed by atoms with E-state index in [0.29, 0.717) is 16.7 Å². The van der Waals surface area contributed by atoms with E-state index in [1.54, 1.807) is 13.2 Å². The minimum atomic E-state index is -0.0768. The molecule has 1 aromatic carbocycles. The Morgan fingerprint density at radius 2 is 1.78 bits per heavy atom. The zero-order valence-electron chi connectivity index (χ0n) is 14.4. The lowest BCUT2D eigenvalue weighted by molar-refractivity contribution is 0.416. The number of rotatable bonds is 4. The Kier molecular flexibility index (Phi) is 5.00. The molecule has 0 saturated heterocycles. The third-order valence-electron chi connectivity index (χ3n) is 3.08. The van der Waals surface area contributed by atoms with Crippen LogP contribution in [0.2, 0.25) is 5.02 Å². The predicted octanol–water partition coefficient (Wildman–Crippen LogP) is 4.71. The number of nitrogens with one attached hydrogen (secondary N) is 2. The number of halogens is 1. The van der Waals surface area contributed by atoms with E-state index in [9.17, 15) is 0 Å². The van der Waals surface area contributed by atoms with Gasteiger partial charge in [0.2, 0.25) is 5.95 Å². The lowest BCUT2D eigenvalue weighted by Gasteiger charge is -2.22. The van der Waals surface area contributed by atoms with E-state index in [1.807, 2.05) is 26.0 Å². The molecule has 124 valence electrons. The van der Waals surface area contributed by atoms with Crippen LogP contribution in [0.4, 0.5) is 17.5 Å². The van der Waals surface area contributed by atoms with Crippen LogP contribution >= 0.6 is 11.6 Å². The SMILES string of the molecule is COc1cc(Cl)c(C)cc1Nc1nc(C)cc(NC(C)(C)C)n1. The molecule has 5 nitrogen and oxygen atoms in total. The molecule has 2 aromatic rings.